The highest BCUT2D eigenvalue weighted by atomic mass is 16.5. The molecule has 0 aliphatic heterocycles. The Labute approximate surface area is 116 Å². The van der Waals surface area contributed by atoms with Crippen LogP contribution in [0.4, 0.5) is 5.69 Å². The first-order valence-electron chi connectivity index (χ1n) is 6.08. The normalized spacial score (nSPS) is 10.2. The lowest BCUT2D eigenvalue weighted by Gasteiger charge is -2.09. The fourth-order valence-electron chi connectivity index (χ4n) is 1.96. The Balaban J connectivity index is 2.26. The van der Waals surface area contributed by atoms with Gasteiger partial charge in [-0.05, 0) is 43.7 Å². The van der Waals surface area contributed by atoms with Gasteiger partial charge < -0.3 is 14.5 Å². The van der Waals surface area contributed by atoms with E-state index >= 15 is 0 Å². The van der Waals surface area contributed by atoms with Crippen molar-refractivity contribution in [3.8, 4) is 5.75 Å². The van der Waals surface area contributed by atoms with E-state index in [0.29, 0.717) is 28.3 Å². The molecule has 0 radical (unpaired) electrons. The van der Waals surface area contributed by atoms with Crippen molar-refractivity contribution in [3.63, 3.8) is 0 Å². The Hall–Kier alpha value is -2.56. The molecule has 1 N–H and O–H groups in total. The van der Waals surface area contributed by atoms with Gasteiger partial charge in [-0.15, -0.1) is 0 Å². The van der Waals surface area contributed by atoms with Crippen LogP contribution in [0.15, 0.2) is 39.5 Å². The molecule has 2 rings (SSSR count). The van der Waals surface area contributed by atoms with Gasteiger partial charge >= 0.3 is 5.63 Å². The third-order valence-electron chi connectivity index (χ3n) is 2.91. The molecule has 0 fully saturated rings. The van der Waals surface area contributed by atoms with E-state index < -0.39 is 5.63 Å². The van der Waals surface area contributed by atoms with Crippen LogP contribution in [-0.2, 0) is 0 Å². The van der Waals surface area contributed by atoms with E-state index in [-0.39, 0.29) is 5.91 Å². The summed E-state index contributed by atoms with van der Waals surface area (Å²) < 4.78 is 10.00. The summed E-state index contributed by atoms with van der Waals surface area (Å²) in [7, 11) is 1.58. The predicted octanol–water partition coefficient (Wildman–Crippen LogP) is 2.52. The van der Waals surface area contributed by atoms with Gasteiger partial charge in [0.15, 0.2) is 0 Å². The van der Waals surface area contributed by atoms with E-state index in [1.807, 2.05) is 0 Å². The number of hydrogen-bond donors (Lipinski definition) is 1. The molecular weight excluding hydrogens is 258 g/mol. The van der Waals surface area contributed by atoms with Crippen molar-refractivity contribution in [1.82, 2.24) is 0 Å². The summed E-state index contributed by atoms with van der Waals surface area (Å²) in [6.07, 6.45) is 0. The van der Waals surface area contributed by atoms with Crippen molar-refractivity contribution in [2.24, 2.45) is 0 Å². The lowest BCUT2D eigenvalue weighted by molar-refractivity contribution is 0.102. The number of carbonyl (C=O) groups excluding carboxylic acids is 1. The number of methoxy groups -OCH3 is 1. The zero-order valence-electron chi connectivity index (χ0n) is 11.5. The summed E-state index contributed by atoms with van der Waals surface area (Å²) in [5.41, 5.74) is 1.15. The highest BCUT2D eigenvalue weighted by molar-refractivity contribution is 6.05. The summed E-state index contributed by atoms with van der Waals surface area (Å²) in [5.74, 6) is 0.705. The largest absolute Gasteiger partial charge is 0.497 e. The van der Waals surface area contributed by atoms with Crippen LogP contribution in [0.25, 0.3) is 0 Å². The summed E-state index contributed by atoms with van der Waals surface area (Å²) >= 11 is 0. The second-order valence-electron chi connectivity index (χ2n) is 4.36. The van der Waals surface area contributed by atoms with Gasteiger partial charge in [0, 0.05) is 11.8 Å². The minimum Gasteiger partial charge on any atom is -0.497 e. The predicted molar refractivity (Wildman–Crippen MR) is 75.4 cm³/mol. The average molecular weight is 273 g/mol. The molecule has 0 aliphatic carbocycles. The molecule has 20 heavy (non-hydrogen) atoms. The van der Waals surface area contributed by atoms with Crippen LogP contribution in [0.5, 0.6) is 5.75 Å². The molecule has 5 nitrogen and oxygen atoms in total. The fraction of sp³-hybridized carbons (Fsp3) is 0.200. The van der Waals surface area contributed by atoms with Crippen LogP contribution in [0, 0.1) is 13.8 Å². The number of anilines is 1. The van der Waals surface area contributed by atoms with E-state index in [4.69, 9.17) is 9.15 Å². The van der Waals surface area contributed by atoms with E-state index in [0.717, 1.165) is 0 Å². The second-order valence-corrected chi connectivity index (χ2v) is 4.36. The standard InChI is InChI=1S/C15H15NO4/c1-9-8-13(17)20-10(2)14(9)15(18)16-11-4-6-12(19-3)7-5-11/h4-8H,1-3H3,(H,16,18). The van der Waals surface area contributed by atoms with Gasteiger partial charge in [-0.3, -0.25) is 4.79 Å². The first-order valence-corrected chi connectivity index (χ1v) is 6.08. The first-order chi connectivity index (χ1) is 9.51. The summed E-state index contributed by atoms with van der Waals surface area (Å²) in [6, 6.07) is 8.28. The molecule has 0 saturated carbocycles. The van der Waals surface area contributed by atoms with Crippen molar-refractivity contribution in [2.75, 3.05) is 12.4 Å². The number of carbonyl (C=O) groups is 1. The zero-order chi connectivity index (χ0) is 14.7. The lowest BCUT2D eigenvalue weighted by Crippen LogP contribution is -2.17. The van der Waals surface area contributed by atoms with Crippen LogP contribution < -0.4 is 15.7 Å². The molecule has 1 aromatic carbocycles. The van der Waals surface area contributed by atoms with Crippen molar-refractivity contribution >= 4 is 11.6 Å². The van der Waals surface area contributed by atoms with Crippen LogP contribution in [-0.4, -0.2) is 13.0 Å². The van der Waals surface area contributed by atoms with Gasteiger partial charge in [-0.25, -0.2) is 4.79 Å². The number of aryl methyl sites for hydroxylation is 2. The monoisotopic (exact) mass is 273 g/mol. The highest BCUT2D eigenvalue weighted by Crippen LogP contribution is 2.17. The van der Waals surface area contributed by atoms with E-state index in [2.05, 4.69) is 5.32 Å². The fourth-order valence-corrected chi connectivity index (χ4v) is 1.96. The molecule has 0 bridgehead atoms. The smallest absolute Gasteiger partial charge is 0.336 e. The first kappa shape index (κ1) is 13.9. The number of rotatable bonds is 3. The molecule has 1 amide bonds. The maximum Gasteiger partial charge on any atom is 0.336 e. The average Bonchev–Trinajstić information content (AvgIpc) is 2.38. The molecule has 0 saturated heterocycles. The molecule has 2 aromatic rings. The van der Waals surface area contributed by atoms with Crippen LogP contribution >= 0.6 is 0 Å². The topological polar surface area (TPSA) is 68.5 Å². The Morgan fingerprint density at radius 1 is 1.20 bits per heavy atom. The van der Waals surface area contributed by atoms with Crippen LogP contribution in [0.2, 0.25) is 0 Å². The van der Waals surface area contributed by atoms with Crippen molar-refractivity contribution in [1.29, 1.82) is 0 Å². The number of amides is 1. The molecular formula is C15H15NO4. The van der Waals surface area contributed by atoms with Gasteiger partial charge in [0.1, 0.15) is 11.5 Å². The molecule has 0 atom stereocenters. The zero-order valence-corrected chi connectivity index (χ0v) is 11.5. The van der Waals surface area contributed by atoms with Gasteiger partial charge in [-0.2, -0.15) is 0 Å². The summed E-state index contributed by atoms with van der Waals surface area (Å²) in [5, 5.41) is 2.75. The quantitative estimate of drug-likeness (QED) is 0.933. The molecule has 0 aliphatic rings. The van der Waals surface area contributed by atoms with Gasteiger partial charge in [0.05, 0.1) is 12.7 Å². The van der Waals surface area contributed by atoms with Gasteiger partial charge in [0.2, 0.25) is 0 Å². The van der Waals surface area contributed by atoms with E-state index in [9.17, 15) is 9.59 Å². The molecule has 0 spiro atoms. The molecule has 0 unspecified atom stereocenters. The maximum absolute atomic E-state index is 12.2. The van der Waals surface area contributed by atoms with E-state index in [1.165, 1.54) is 6.07 Å². The van der Waals surface area contributed by atoms with Gasteiger partial charge in [-0.1, -0.05) is 0 Å². The van der Waals surface area contributed by atoms with Crippen molar-refractivity contribution in [2.45, 2.75) is 13.8 Å². The van der Waals surface area contributed by atoms with Crippen molar-refractivity contribution in [3.05, 3.63) is 57.6 Å². The molecule has 1 aromatic heterocycles. The second kappa shape index (κ2) is 5.61. The molecule has 5 heteroatoms. The number of hydrogen-bond acceptors (Lipinski definition) is 4. The minimum atomic E-state index is -0.457. The van der Waals surface area contributed by atoms with Crippen molar-refractivity contribution < 1.29 is 13.9 Å². The van der Waals surface area contributed by atoms with Crippen LogP contribution in [0.1, 0.15) is 21.7 Å². The lowest BCUT2D eigenvalue weighted by atomic mass is 10.1. The van der Waals surface area contributed by atoms with Crippen LogP contribution in [0.3, 0.4) is 0 Å². The Morgan fingerprint density at radius 2 is 1.85 bits per heavy atom. The Kier molecular flexibility index (Phi) is 3.89. The van der Waals surface area contributed by atoms with E-state index in [1.54, 1.807) is 45.2 Å². The minimum absolute atomic E-state index is 0.306. The SMILES string of the molecule is COc1ccc(NC(=O)c2c(C)cc(=O)oc2C)cc1. The molecule has 104 valence electrons. The molecule has 1 heterocycles. The summed E-state index contributed by atoms with van der Waals surface area (Å²) in [6.45, 7) is 3.30. The maximum atomic E-state index is 12.2. The number of ether oxygens (including phenoxy) is 1. The number of nitrogens with one attached hydrogen (secondary N) is 1. The third kappa shape index (κ3) is 2.88. The summed E-state index contributed by atoms with van der Waals surface area (Å²) in [4.78, 5) is 23.4. The highest BCUT2D eigenvalue weighted by Gasteiger charge is 2.15. The van der Waals surface area contributed by atoms with Gasteiger partial charge in [0.25, 0.3) is 5.91 Å². The third-order valence-corrected chi connectivity index (χ3v) is 2.91. The Morgan fingerprint density at radius 3 is 2.40 bits per heavy atom. The number of benzene rings is 1. The Bertz CT molecular complexity index is 660.